The van der Waals surface area contributed by atoms with Gasteiger partial charge < -0.3 is 19.1 Å². The number of hydrogen-bond donors (Lipinski definition) is 0. The number of ether oxygens (including phenoxy) is 3. The number of hydrogen-bond acceptors (Lipinski definition) is 8. The normalized spacial score (nSPS) is 14.8. The molecule has 0 bridgehead atoms. The van der Waals surface area contributed by atoms with Crippen LogP contribution in [0.15, 0.2) is 55.1 Å². The standard InChI is InChI=1S/C28H31F4N5O3P2/c1-15(27(29,30)41)13-37(3)16(2)17-6-10-19(11-7-17)23(28(31,32)42)40-25-20(38-4)12-33-24(36-25)21-22(18-8-9-18)34-14-35-26(21)39-5/h6-7,10-14,18,23H,2,8-9,41-42H2,1,3-5H3/b15-13+. The van der Waals surface area contributed by atoms with Gasteiger partial charge in [0.25, 0.3) is 17.2 Å². The summed E-state index contributed by atoms with van der Waals surface area (Å²) in [7, 11) is 7.35. The zero-order valence-corrected chi connectivity index (χ0v) is 25.8. The molecule has 3 unspecified atom stereocenters. The van der Waals surface area contributed by atoms with Crippen LogP contribution in [0.5, 0.6) is 17.5 Å². The van der Waals surface area contributed by atoms with E-state index >= 15 is 0 Å². The topological polar surface area (TPSA) is 82.5 Å². The lowest BCUT2D eigenvalue weighted by molar-refractivity contribution is -0.0247. The van der Waals surface area contributed by atoms with Crippen LogP contribution in [0.2, 0.25) is 0 Å². The van der Waals surface area contributed by atoms with Crippen LogP contribution in [0.3, 0.4) is 0 Å². The lowest BCUT2D eigenvalue weighted by Gasteiger charge is -2.26. The predicted molar refractivity (Wildman–Crippen MR) is 158 cm³/mol. The predicted octanol–water partition coefficient (Wildman–Crippen LogP) is 6.69. The number of allylic oxidation sites excluding steroid dienone is 1. The Labute approximate surface area is 246 Å². The Morgan fingerprint density at radius 3 is 2.26 bits per heavy atom. The van der Waals surface area contributed by atoms with Crippen molar-refractivity contribution in [3.63, 3.8) is 0 Å². The van der Waals surface area contributed by atoms with Gasteiger partial charge in [-0.3, -0.25) is 0 Å². The molecule has 1 aliphatic carbocycles. The van der Waals surface area contributed by atoms with E-state index in [1.807, 2.05) is 0 Å². The molecule has 3 aromatic rings. The van der Waals surface area contributed by atoms with Crippen molar-refractivity contribution in [2.45, 2.75) is 43.1 Å². The molecule has 0 N–H and O–H groups in total. The van der Waals surface area contributed by atoms with Crippen molar-refractivity contribution in [2.75, 3.05) is 21.3 Å². The van der Waals surface area contributed by atoms with Gasteiger partial charge >= 0.3 is 0 Å². The first kappa shape index (κ1) is 31.6. The van der Waals surface area contributed by atoms with Gasteiger partial charge in [0.05, 0.1) is 26.1 Å². The summed E-state index contributed by atoms with van der Waals surface area (Å²) in [6, 6.07) is 6.01. The highest BCUT2D eigenvalue weighted by atomic mass is 31.0. The first-order valence-electron chi connectivity index (χ1n) is 12.8. The minimum absolute atomic E-state index is 0.0430. The van der Waals surface area contributed by atoms with E-state index in [1.165, 1.54) is 75.4 Å². The second-order valence-electron chi connectivity index (χ2n) is 9.77. The number of rotatable bonds is 12. The summed E-state index contributed by atoms with van der Waals surface area (Å²) in [4.78, 5) is 18.8. The molecule has 1 aliphatic rings. The Balaban J connectivity index is 1.67. The van der Waals surface area contributed by atoms with Gasteiger partial charge in [0, 0.05) is 30.4 Å². The first-order valence-corrected chi connectivity index (χ1v) is 13.9. The van der Waals surface area contributed by atoms with Crippen LogP contribution in [0.1, 0.15) is 48.6 Å². The summed E-state index contributed by atoms with van der Waals surface area (Å²) < 4.78 is 73.6. The molecule has 1 fully saturated rings. The Bertz CT molecular complexity index is 1480. The third-order valence-corrected chi connectivity index (χ3v) is 7.39. The van der Waals surface area contributed by atoms with E-state index in [4.69, 9.17) is 14.2 Å². The highest BCUT2D eigenvalue weighted by molar-refractivity contribution is 7.18. The quantitative estimate of drug-likeness (QED) is 0.163. The number of benzene rings is 1. The van der Waals surface area contributed by atoms with E-state index in [2.05, 4.69) is 26.5 Å². The third kappa shape index (κ3) is 7.16. The summed E-state index contributed by atoms with van der Waals surface area (Å²) in [5.41, 5.74) is -4.48. The maximum atomic E-state index is 15.0. The Morgan fingerprint density at radius 2 is 1.71 bits per heavy atom. The largest absolute Gasteiger partial charge is 0.490 e. The Hall–Kier alpha value is -3.36. The summed E-state index contributed by atoms with van der Waals surface area (Å²) in [6.07, 6.45) is 4.06. The molecule has 0 spiro atoms. The number of halogens is 4. The average molecular weight is 624 g/mol. The fourth-order valence-electron chi connectivity index (χ4n) is 4.10. The second kappa shape index (κ2) is 12.5. The van der Waals surface area contributed by atoms with Crippen LogP contribution in [0.4, 0.5) is 17.6 Å². The van der Waals surface area contributed by atoms with Crippen molar-refractivity contribution in [1.29, 1.82) is 0 Å². The van der Waals surface area contributed by atoms with E-state index in [0.717, 1.165) is 12.8 Å². The molecule has 3 atom stereocenters. The van der Waals surface area contributed by atoms with E-state index in [9.17, 15) is 17.6 Å². The maximum absolute atomic E-state index is 15.0. The minimum atomic E-state index is -3.43. The molecule has 0 amide bonds. The van der Waals surface area contributed by atoms with Crippen LogP contribution >= 0.6 is 18.5 Å². The third-order valence-electron chi connectivity index (χ3n) is 6.63. The fraction of sp³-hybridized carbons (Fsp3) is 0.357. The van der Waals surface area contributed by atoms with Gasteiger partial charge in [0.1, 0.15) is 11.9 Å². The maximum Gasteiger partial charge on any atom is 0.298 e. The van der Waals surface area contributed by atoms with Crippen LogP contribution in [0, 0.1) is 0 Å². The number of nitrogens with zero attached hydrogens (tertiary/aromatic N) is 5. The molecule has 1 aromatic carbocycles. The van der Waals surface area contributed by atoms with Crippen LogP contribution in [-0.2, 0) is 0 Å². The van der Waals surface area contributed by atoms with Gasteiger partial charge in [-0.1, -0.05) is 49.3 Å². The molecule has 224 valence electrons. The fourth-order valence-corrected chi connectivity index (χ4v) is 4.44. The molecule has 42 heavy (non-hydrogen) atoms. The lowest BCUT2D eigenvalue weighted by Crippen LogP contribution is -2.25. The molecule has 0 radical (unpaired) electrons. The van der Waals surface area contributed by atoms with E-state index in [0.29, 0.717) is 22.5 Å². The zero-order chi connectivity index (χ0) is 30.8. The van der Waals surface area contributed by atoms with E-state index < -0.39 is 17.4 Å². The van der Waals surface area contributed by atoms with Crippen molar-refractivity contribution in [1.82, 2.24) is 24.8 Å². The molecule has 0 saturated heterocycles. The highest BCUT2D eigenvalue weighted by Gasteiger charge is 2.39. The summed E-state index contributed by atoms with van der Waals surface area (Å²) in [5, 5.41) is 0. The summed E-state index contributed by atoms with van der Waals surface area (Å²) in [5.74, 6) is 0.421. The number of aromatic nitrogens is 4. The van der Waals surface area contributed by atoms with Crippen molar-refractivity contribution in [3.05, 3.63) is 72.0 Å². The SMILES string of the molecule is C=C(c1ccc(C(Oc2nc(-c3c(OC)ncnc3C3CC3)ncc2OC)C(F)(F)P)cc1)N(C)/C=C(\C)C(F)(F)P. The lowest BCUT2D eigenvalue weighted by atomic mass is 10.0. The number of alkyl halides is 4. The molecule has 8 nitrogen and oxygen atoms in total. The van der Waals surface area contributed by atoms with Gasteiger partial charge in [-0.15, -0.1) is 0 Å². The molecule has 0 aliphatic heterocycles. The average Bonchev–Trinajstić information content (AvgIpc) is 3.79. The monoisotopic (exact) mass is 623 g/mol. The molecule has 1 saturated carbocycles. The molecule has 2 heterocycles. The van der Waals surface area contributed by atoms with Gasteiger partial charge in [-0.25, -0.2) is 15.0 Å². The zero-order valence-electron chi connectivity index (χ0n) is 23.4. The second-order valence-corrected chi connectivity index (χ2v) is 11.3. The van der Waals surface area contributed by atoms with Crippen molar-refractivity contribution in [3.8, 4) is 28.9 Å². The molecule has 2 aromatic heterocycles. The van der Waals surface area contributed by atoms with Crippen LogP contribution < -0.4 is 14.2 Å². The number of methoxy groups -OCH3 is 2. The van der Waals surface area contributed by atoms with E-state index in [1.54, 1.807) is 19.2 Å². The van der Waals surface area contributed by atoms with Crippen LogP contribution in [0.25, 0.3) is 17.1 Å². The van der Waals surface area contributed by atoms with Crippen molar-refractivity contribution < 1.29 is 31.8 Å². The smallest absolute Gasteiger partial charge is 0.298 e. The summed E-state index contributed by atoms with van der Waals surface area (Å²) >= 11 is 0. The van der Waals surface area contributed by atoms with Crippen LogP contribution in [-0.4, -0.2) is 57.4 Å². The molecule has 4 rings (SSSR count). The van der Waals surface area contributed by atoms with Crippen molar-refractivity contribution >= 4 is 24.2 Å². The van der Waals surface area contributed by atoms with Gasteiger partial charge in [-0.2, -0.15) is 22.5 Å². The van der Waals surface area contributed by atoms with Crippen molar-refractivity contribution in [2.24, 2.45) is 0 Å². The Kier molecular flexibility index (Phi) is 9.38. The highest BCUT2D eigenvalue weighted by Crippen LogP contribution is 2.46. The molecule has 14 heteroatoms. The minimum Gasteiger partial charge on any atom is -0.490 e. The summed E-state index contributed by atoms with van der Waals surface area (Å²) in [6.45, 7) is 5.24. The van der Waals surface area contributed by atoms with E-state index in [-0.39, 0.29) is 40.4 Å². The molecular formula is C28H31F4N5O3P2. The molecular weight excluding hydrogens is 592 g/mol. The first-order chi connectivity index (χ1) is 19.7. The Morgan fingerprint density at radius 1 is 1.05 bits per heavy atom. The van der Waals surface area contributed by atoms with Gasteiger partial charge in [-0.05, 0) is 30.9 Å². The van der Waals surface area contributed by atoms with Gasteiger partial charge in [0.15, 0.2) is 17.7 Å². The van der Waals surface area contributed by atoms with Gasteiger partial charge in [0.2, 0.25) is 5.88 Å².